The number of nitrogens with one attached hydrogen (secondary N) is 3. The number of guanidine groups is 1. The Labute approximate surface area is 198 Å². The summed E-state index contributed by atoms with van der Waals surface area (Å²) in [5.74, 6) is 1.26. The number of non-ortho nitro benzene ring substituents is 1. The van der Waals surface area contributed by atoms with Gasteiger partial charge in [0.25, 0.3) is 5.69 Å². The molecule has 0 radical (unpaired) electrons. The van der Waals surface area contributed by atoms with E-state index in [9.17, 15) is 18.5 Å². The number of ether oxygens (including phenoxy) is 1. The molecule has 0 bridgehead atoms. The SMILES string of the molecule is CCNC(=NCc1ccccc1OC)NCCNS(=O)(=O)c1cccc([N+](=O)[O-])c1.I. The molecule has 10 nitrogen and oxygen atoms in total. The van der Waals surface area contributed by atoms with Crippen LogP contribution in [0.1, 0.15) is 12.5 Å². The van der Waals surface area contributed by atoms with Gasteiger partial charge in [-0.25, -0.2) is 18.1 Å². The number of hydrogen-bond acceptors (Lipinski definition) is 6. The molecule has 0 amide bonds. The van der Waals surface area contributed by atoms with Crippen molar-refractivity contribution in [1.82, 2.24) is 15.4 Å². The Morgan fingerprint density at radius 2 is 1.87 bits per heavy atom. The molecule has 12 heteroatoms. The van der Waals surface area contributed by atoms with E-state index in [1.807, 2.05) is 31.2 Å². The minimum atomic E-state index is -3.86. The van der Waals surface area contributed by atoms with Gasteiger partial charge < -0.3 is 15.4 Å². The van der Waals surface area contributed by atoms with E-state index in [0.717, 1.165) is 17.4 Å². The third-order valence-corrected chi connectivity index (χ3v) is 5.45. The van der Waals surface area contributed by atoms with E-state index in [4.69, 9.17) is 4.74 Å². The van der Waals surface area contributed by atoms with Gasteiger partial charge in [0, 0.05) is 37.3 Å². The van der Waals surface area contributed by atoms with Crippen LogP contribution in [0.3, 0.4) is 0 Å². The van der Waals surface area contributed by atoms with Gasteiger partial charge in [-0.3, -0.25) is 10.1 Å². The first-order chi connectivity index (χ1) is 14.4. The molecule has 0 aliphatic carbocycles. The average molecular weight is 563 g/mol. The Morgan fingerprint density at radius 3 is 2.55 bits per heavy atom. The highest BCUT2D eigenvalue weighted by Crippen LogP contribution is 2.18. The molecule has 0 aromatic heterocycles. The first-order valence-corrected chi connectivity index (χ1v) is 10.7. The number of nitro benzene ring substituents is 1. The fraction of sp³-hybridized carbons (Fsp3) is 0.316. The largest absolute Gasteiger partial charge is 0.496 e. The van der Waals surface area contributed by atoms with Crippen LogP contribution in [0.25, 0.3) is 0 Å². The lowest BCUT2D eigenvalue weighted by molar-refractivity contribution is -0.385. The predicted molar refractivity (Wildman–Crippen MR) is 130 cm³/mol. The molecule has 0 fully saturated rings. The Bertz CT molecular complexity index is 1000. The fourth-order valence-electron chi connectivity index (χ4n) is 2.55. The summed E-state index contributed by atoms with van der Waals surface area (Å²) in [5.41, 5.74) is 0.637. The zero-order valence-electron chi connectivity index (χ0n) is 17.2. The quantitative estimate of drug-likeness (QED) is 0.101. The van der Waals surface area contributed by atoms with Crippen LogP contribution in [0.5, 0.6) is 5.75 Å². The predicted octanol–water partition coefficient (Wildman–Crippen LogP) is 2.26. The van der Waals surface area contributed by atoms with Crippen LogP contribution >= 0.6 is 24.0 Å². The summed E-state index contributed by atoms with van der Waals surface area (Å²) in [5, 5.41) is 17.0. The number of sulfonamides is 1. The highest BCUT2D eigenvalue weighted by atomic mass is 127. The molecular weight excluding hydrogens is 537 g/mol. The van der Waals surface area contributed by atoms with Crippen LogP contribution in [-0.2, 0) is 16.6 Å². The van der Waals surface area contributed by atoms with Crippen LogP contribution < -0.4 is 20.1 Å². The molecule has 2 aromatic carbocycles. The molecule has 0 saturated heterocycles. The van der Waals surface area contributed by atoms with Crippen LogP contribution in [0.15, 0.2) is 58.4 Å². The Hall–Kier alpha value is -2.45. The van der Waals surface area contributed by atoms with Crippen molar-refractivity contribution in [2.45, 2.75) is 18.4 Å². The van der Waals surface area contributed by atoms with Crippen molar-refractivity contribution >= 4 is 45.6 Å². The molecule has 0 atom stereocenters. The molecule has 170 valence electrons. The number of rotatable bonds is 10. The number of halogens is 1. The number of hydrogen-bond donors (Lipinski definition) is 3. The Morgan fingerprint density at radius 1 is 1.13 bits per heavy atom. The van der Waals surface area contributed by atoms with Gasteiger partial charge in [0.15, 0.2) is 5.96 Å². The number of aliphatic imine (C=N–C) groups is 1. The second kappa shape index (κ2) is 13.1. The number of nitro groups is 1. The normalized spacial score (nSPS) is 11.4. The van der Waals surface area contributed by atoms with Crippen molar-refractivity contribution in [3.8, 4) is 5.75 Å². The molecule has 0 saturated carbocycles. The molecule has 0 spiro atoms. The summed E-state index contributed by atoms with van der Waals surface area (Å²) in [6.45, 7) is 3.29. The van der Waals surface area contributed by atoms with Gasteiger partial charge >= 0.3 is 0 Å². The molecule has 0 heterocycles. The van der Waals surface area contributed by atoms with Gasteiger partial charge in [0.05, 0.1) is 23.5 Å². The van der Waals surface area contributed by atoms with E-state index >= 15 is 0 Å². The van der Waals surface area contributed by atoms with E-state index in [0.29, 0.717) is 19.0 Å². The van der Waals surface area contributed by atoms with Crippen LogP contribution in [0.2, 0.25) is 0 Å². The maximum Gasteiger partial charge on any atom is 0.270 e. The fourth-order valence-corrected chi connectivity index (χ4v) is 3.62. The minimum absolute atomic E-state index is 0. The lowest BCUT2D eigenvalue weighted by Crippen LogP contribution is -2.41. The molecular formula is C19H26IN5O5S. The van der Waals surface area contributed by atoms with Crippen molar-refractivity contribution in [2.75, 3.05) is 26.7 Å². The lowest BCUT2D eigenvalue weighted by atomic mass is 10.2. The number of benzene rings is 2. The number of para-hydroxylation sites is 1. The van der Waals surface area contributed by atoms with Crippen molar-refractivity contribution in [1.29, 1.82) is 0 Å². The first-order valence-electron chi connectivity index (χ1n) is 9.25. The Kier molecular flexibility index (Phi) is 11.2. The van der Waals surface area contributed by atoms with Crippen molar-refractivity contribution < 1.29 is 18.1 Å². The van der Waals surface area contributed by atoms with E-state index in [2.05, 4.69) is 20.3 Å². The standard InChI is InChI=1S/C19H25N5O5S.HI/c1-3-20-19(22-14-15-7-4-5-10-18(15)29-2)21-11-12-23-30(27,28)17-9-6-8-16(13-17)24(25)26;/h4-10,13,23H,3,11-12,14H2,1-2H3,(H2,20,21,22);1H. The molecule has 3 N–H and O–H groups in total. The van der Waals surface area contributed by atoms with Gasteiger partial charge in [-0.05, 0) is 19.1 Å². The van der Waals surface area contributed by atoms with Gasteiger partial charge in [-0.15, -0.1) is 24.0 Å². The maximum atomic E-state index is 12.3. The average Bonchev–Trinajstić information content (AvgIpc) is 2.75. The molecule has 31 heavy (non-hydrogen) atoms. The van der Waals surface area contributed by atoms with Crippen molar-refractivity contribution in [2.24, 2.45) is 4.99 Å². The molecule has 0 unspecified atom stereocenters. The van der Waals surface area contributed by atoms with E-state index in [1.54, 1.807) is 7.11 Å². The van der Waals surface area contributed by atoms with Gasteiger partial charge in [0.2, 0.25) is 10.0 Å². The summed E-state index contributed by atoms with van der Waals surface area (Å²) < 4.78 is 32.4. The van der Waals surface area contributed by atoms with Crippen molar-refractivity contribution in [3.05, 3.63) is 64.2 Å². The number of nitrogens with zero attached hydrogens (tertiary/aromatic N) is 2. The second-order valence-electron chi connectivity index (χ2n) is 6.09. The third-order valence-electron chi connectivity index (χ3n) is 3.99. The zero-order valence-corrected chi connectivity index (χ0v) is 20.3. The minimum Gasteiger partial charge on any atom is -0.496 e. The van der Waals surface area contributed by atoms with E-state index in [-0.39, 0.29) is 47.6 Å². The number of methoxy groups -OCH3 is 1. The maximum absolute atomic E-state index is 12.3. The van der Waals surface area contributed by atoms with E-state index < -0.39 is 14.9 Å². The van der Waals surface area contributed by atoms with Crippen LogP contribution in [0, 0.1) is 10.1 Å². The highest BCUT2D eigenvalue weighted by Gasteiger charge is 2.17. The summed E-state index contributed by atoms with van der Waals surface area (Å²) in [6.07, 6.45) is 0. The smallest absolute Gasteiger partial charge is 0.270 e. The first kappa shape index (κ1) is 26.6. The van der Waals surface area contributed by atoms with Crippen LogP contribution in [0.4, 0.5) is 5.69 Å². The monoisotopic (exact) mass is 563 g/mol. The zero-order chi connectivity index (χ0) is 22.0. The van der Waals surface area contributed by atoms with Gasteiger partial charge in [-0.2, -0.15) is 0 Å². The summed E-state index contributed by atoms with van der Waals surface area (Å²) >= 11 is 0. The molecule has 0 aliphatic heterocycles. The summed E-state index contributed by atoms with van der Waals surface area (Å²) in [6, 6.07) is 12.4. The van der Waals surface area contributed by atoms with Gasteiger partial charge in [0.1, 0.15) is 5.75 Å². The molecule has 2 rings (SSSR count). The molecule has 2 aromatic rings. The Balaban J connectivity index is 0.00000480. The van der Waals surface area contributed by atoms with Crippen LogP contribution in [-0.4, -0.2) is 46.0 Å². The summed E-state index contributed by atoms with van der Waals surface area (Å²) in [7, 11) is -2.27. The third kappa shape index (κ3) is 8.30. The van der Waals surface area contributed by atoms with Crippen molar-refractivity contribution in [3.63, 3.8) is 0 Å². The molecule has 0 aliphatic rings. The van der Waals surface area contributed by atoms with Gasteiger partial charge in [-0.1, -0.05) is 24.3 Å². The van der Waals surface area contributed by atoms with E-state index in [1.165, 1.54) is 18.2 Å². The second-order valence-corrected chi connectivity index (χ2v) is 7.85. The topological polar surface area (TPSA) is 135 Å². The lowest BCUT2D eigenvalue weighted by Gasteiger charge is -2.13. The summed E-state index contributed by atoms with van der Waals surface area (Å²) in [4.78, 5) is 14.5. The highest BCUT2D eigenvalue weighted by molar-refractivity contribution is 14.0.